The van der Waals surface area contributed by atoms with Crippen molar-refractivity contribution in [3.63, 3.8) is 0 Å². The Labute approximate surface area is 157 Å². The minimum absolute atomic E-state index is 0.198. The summed E-state index contributed by atoms with van der Waals surface area (Å²) < 4.78 is 7.32. The van der Waals surface area contributed by atoms with Gasteiger partial charge < -0.3 is 15.8 Å². The molecule has 1 aliphatic carbocycles. The summed E-state index contributed by atoms with van der Waals surface area (Å²) in [7, 11) is 1.66. The standard InChI is InChI=1S/C20H23N5O2/c1-3-25-18-16(24-20(25)21)8-15(11-22-18)19(26)23-10-14-7-12-5-4-6-13(12)9-17(14)27-2/h7-9,11H,3-6,10H2,1-2H3,(H2,21,24)(H,23,26). The molecule has 0 radical (unpaired) electrons. The number of fused-ring (bicyclic) bond motifs is 2. The zero-order valence-electron chi connectivity index (χ0n) is 15.6. The highest BCUT2D eigenvalue weighted by Gasteiger charge is 2.17. The number of carbonyl (C=O) groups excluding carboxylic acids is 1. The quantitative estimate of drug-likeness (QED) is 0.724. The summed E-state index contributed by atoms with van der Waals surface area (Å²) in [6.07, 6.45) is 4.91. The van der Waals surface area contributed by atoms with Crippen LogP contribution < -0.4 is 15.8 Å². The molecule has 1 aromatic carbocycles. The Balaban J connectivity index is 1.54. The van der Waals surface area contributed by atoms with Gasteiger partial charge in [-0.2, -0.15) is 0 Å². The molecule has 0 saturated carbocycles. The lowest BCUT2D eigenvalue weighted by molar-refractivity contribution is 0.0950. The van der Waals surface area contributed by atoms with Crippen LogP contribution in [0, 0.1) is 0 Å². The van der Waals surface area contributed by atoms with Gasteiger partial charge in [0.15, 0.2) is 5.65 Å². The highest BCUT2D eigenvalue weighted by molar-refractivity contribution is 5.96. The molecule has 7 heteroatoms. The summed E-state index contributed by atoms with van der Waals surface area (Å²) in [6.45, 7) is 3.06. The summed E-state index contributed by atoms with van der Waals surface area (Å²) in [6, 6.07) is 5.96. The Morgan fingerprint density at radius 3 is 2.81 bits per heavy atom. The van der Waals surface area contributed by atoms with E-state index in [0.29, 0.717) is 35.8 Å². The Morgan fingerprint density at radius 2 is 2.07 bits per heavy atom. The van der Waals surface area contributed by atoms with Crippen LogP contribution in [0.25, 0.3) is 11.2 Å². The second kappa shape index (κ2) is 6.90. The first-order chi connectivity index (χ1) is 13.1. The zero-order valence-corrected chi connectivity index (χ0v) is 15.6. The number of hydrogen-bond donors (Lipinski definition) is 2. The monoisotopic (exact) mass is 365 g/mol. The van der Waals surface area contributed by atoms with Gasteiger partial charge in [-0.1, -0.05) is 6.07 Å². The number of benzene rings is 1. The van der Waals surface area contributed by atoms with Crippen molar-refractivity contribution in [2.75, 3.05) is 12.8 Å². The van der Waals surface area contributed by atoms with Crippen LogP contribution in [-0.2, 0) is 25.9 Å². The summed E-state index contributed by atoms with van der Waals surface area (Å²) in [5, 5.41) is 2.96. The molecule has 1 amide bonds. The fraction of sp³-hybridized carbons (Fsp3) is 0.350. The highest BCUT2D eigenvalue weighted by Crippen LogP contribution is 2.29. The average Bonchev–Trinajstić information content (AvgIpc) is 3.26. The van der Waals surface area contributed by atoms with Crippen LogP contribution in [0.3, 0.4) is 0 Å². The summed E-state index contributed by atoms with van der Waals surface area (Å²) >= 11 is 0. The number of hydrogen-bond acceptors (Lipinski definition) is 5. The van der Waals surface area contributed by atoms with Crippen molar-refractivity contribution >= 4 is 23.0 Å². The van der Waals surface area contributed by atoms with Gasteiger partial charge in [-0.3, -0.25) is 9.36 Å². The predicted molar refractivity (Wildman–Crippen MR) is 104 cm³/mol. The number of aromatic nitrogens is 3. The number of nitrogen functional groups attached to an aromatic ring is 1. The number of anilines is 1. The van der Waals surface area contributed by atoms with Gasteiger partial charge in [0.25, 0.3) is 5.91 Å². The molecule has 0 unspecified atom stereocenters. The Bertz CT molecular complexity index is 1020. The Hall–Kier alpha value is -3.09. The summed E-state index contributed by atoms with van der Waals surface area (Å²) in [5.41, 5.74) is 11.4. The van der Waals surface area contributed by atoms with E-state index in [-0.39, 0.29) is 5.91 Å². The van der Waals surface area contributed by atoms with E-state index in [1.165, 1.54) is 17.5 Å². The van der Waals surface area contributed by atoms with E-state index >= 15 is 0 Å². The Kier molecular flexibility index (Phi) is 4.43. The number of nitrogens with zero attached hydrogens (tertiary/aromatic N) is 3. The van der Waals surface area contributed by atoms with Crippen LogP contribution in [0.2, 0.25) is 0 Å². The van der Waals surface area contributed by atoms with Gasteiger partial charge in [0.05, 0.1) is 12.7 Å². The van der Waals surface area contributed by atoms with E-state index in [1.54, 1.807) is 19.4 Å². The number of carbonyl (C=O) groups is 1. The first kappa shape index (κ1) is 17.3. The van der Waals surface area contributed by atoms with Crippen LogP contribution in [0.4, 0.5) is 5.95 Å². The normalized spacial score (nSPS) is 13.0. The number of amides is 1. The fourth-order valence-electron chi connectivity index (χ4n) is 3.72. The second-order valence-electron chi connectivity index (χ2n) is 6.75. The van der Waals surface area contributed by atoms with Crippen LogP contribution in [0.1, 0.15) is 40.4 Å². The van der Waals surface area contributed by atoms with Gasteiger partial charge in [0.2, 0.25) is 5.95 Å². The lowest BCUT2D eigenvalue weighted by Crippen LogP contribution is -2.23. The number of nitrogens with two attached hydrogens (primary N) is 1. The predicted octanol–water partition coefficient (Wildman–Crippen LogP) is 2.46. The van der Waals surface area contributed by atoms with Crippen molar-refractivity contribution in [3.8, 4) is 5.75 Å². The molecule has 0 bridgehead atoms. The SMILES string of the molecule is CCn1c(N)nc2cc(C(=O)NCc3cc4c(cc3OC)CCC4)cnc21. The van der Waals surface area contributed by atoms with E-state index in [9.17, 15) is 4.79 Å². The van der Waals surface area contributed by atoms with Gasteiger partial charge in [-0.15, -0.1) is 0 Å². The molecule has 4 rings (SSSR count). The van der Waals surface area contributed by atoms with Crippen molar-refractivity contribution in [2.24, 2.45) is 0 Å². The molecule has 140 valence electrons. The third-order valence-corrected chi connectivity index (χ3v) is 5.13. The molecular formula is C20H23N5O2. The molecule has 2 aromatic heterocycles. The summed E-state index contributed by atoms with van der Waals surface area (Å²) in [5.74, 6) is 1.02. The second-order valence-corrected chi connectivity index (χ2v) is 6.75. The maximum atomic E-state index is 12.6. The van der Waals surface area contributed by atoms with Gasteiger partial charge in [0.1, 0.15) is 11.3 Å². The van der Waals surface area contributed by atoms with Gasteiger partial charge in [-0.25, -0.2) is 9.97 Å². The molecule has 7 nitrogen and oxygen atoms in total. The molecule has 3 N–H and O–H groups in total. The van der Waals surface area contributed by atoms with Crippen molar-refractivity contribution in [1.29, 1.82) is 0 Å². The molecule has 3 aromatic rings. The van der Waals surface area contributed by atoms with Gasteiger partial charge in [-0.05, 0) is 49.4 Å². The van der Waals surface area contributed by atoms with Crippen molar-refractivity contribution in [3.05, 3.63) is 46.6 Å². The van der Waals surface area contributed by atoms with Crippen LogP contribution in [0.15, 0.2) is 24.4 Å². The fourth-order valence-corrected chi connectivity index (χ4v) is 3.72. The molecule has 1 aliphatic rings. The van der Waals surface area contributed by atoms with E-state index in [0.717, 1.165) is 24.2 Å². The van der Waals surface area contributed by atoms with Crippen LogP contribution in [-0.4, -0.2) is 27.6 Å². The van der Waals surface area contributed by atoms with Crippen molar-refractivity contribution in [2.45, 2.75) is 39.3 Å². The van der Waals surface area contributed by atoms with E-state index < -0.39 is 0 Å². The third kappa shape index (κ3) is 3.09. The summed E-state index contributed by atoms with van der Waals surface area (Å²) in [4.78, 5) is 21.3. The molecule has 0 spiro atoms. The minimum Gasteiger partial charge on any atom is -0.496 e. The average molecular weight is 365 g/mol. The lowest BCUT2D eigenvalue weighted by atomic mass is 10.0. The first-order valence-electron chi connectivity index (χ1n) is 9.19. The Morgan fingerprint density at radius 1 is 1.30 bits per heavy atom. The van der Waals surface area contributed by atoms with E-state index in [1.807, 2.05) is 11.5 Å². The number of pyridine rings is 1. The maximum Gasteiger partial charge on any atom is 0.253 e. The number of imidazole rings is 1. The number of rotatable bonds is 5. The van der Waals surface area contributed by atoms with E-state index in [2.05, 4.69) is 27.4 Å². The maximum absolute atomic E-state index is 12.6. The number of methoxy groups -OCH3 is 1. The minimum atomic E-state index is -0.198. The van der Waals surface area contributed by atoms with Crippen molar-refractivity contribution < 1.29 is 9.53 Å². The molecular weight excluding hydrogens is 342 g/mol. The molecule has 2 heterocycles. The number of nitrogens with one attached hydrogen (secondary N) is 1. The van der Waals surface area contributed by atoms with Gasteiger partial charge >= 0.3 is 0 Å². The van der Waals surface area contributed by atoms with Crippen LogP contribution >= 0.6 is 0 Å². The number of aryl methyl sites for hydroxylation is 3. The largest absolute Gasteiger partial charge is 0.496 e. The zero-order chi connectivity index (χ0) is 19.0. The lowest BCUT2D eigenvalue weighted by Gasteiger charge is -2.12. The first-order valence-corrected chi connectivity index (χ1v) is 9.19. The molecule has 0 aliphatic heterocycles. The molecule has 0 atom stereocenters. The topological polar surface area (TPSA) is 95.1 Å². The van der Waals surface area contributed by atoms with Gasteiger partial charge in [0, 0.05) is 24.8 Å². The smallest absolute Gasteiger partial charge is 0.253 e. The van der Waals surface area contributed by atoms with E-state index in [4.69, 9.17) is 10.5 Å². The molecule has 0 fully saturated rings. The molecule has 0 saturated heterocycles. The third-order valence-electron chi connectivity index (χ3n) is 5.13. The molecule has 27 heavy (non-hydrogen) atoms. The number of ether oxygens (including phenoxy) is 1. The van der Waals surface area contributed by atoms with Crippen molar-refractivity contribution in [1.82, 2.24) is 19.9 Å². The highest BCUT2D eigenvalue weighted by atomic mass is 16.5. The van der Waals surface area contributed by atoms with Crippen LogP contribution in [0.5, 0.6) is 5.75 Å².